The largest absolute Gasteiger partial charge is 0.388 e. The number of rotatable bonds is 7. The standard InChI is InChI=1S/C13H22N2O/c1-4-15(8-9-16-3)11-12-6-5-7-13(10-12)14-2/h5-7,10,14H,4,8-9,11H2,1-3H3. The predicted molar refractivity (Wildman–Crippen MR) is 68.8 cm³/mol. The van der Waals surface area contributed by atoms with Crippen molar-refractivity contribution in [3.8, 4) is 0 Å². The number of nitrogens with zero attached hydrogens (tertiary/aromatic N) is 1. The van der Waals surface area contributed by atoms with Gasteiger partial charge in [0, 0.05) is 32.9 Å². The zero-order valence-electron chi connectivity index (χ0n) is 10.5. The molecule has 0 saturated carbocycles. The summed E-state index contributed by atoms with van der Waals surface area (Å²) >= 11 is 0. The first kappa shape index (κ1) is 13.0. The highest BCUT2D eigenvalue weighted by Crippen LogP contribution is 2.11. The number of nitrogens with one attached hydrogen (secondary N) is 1. The quantitative estimate of drug-likeness (QED) is 0.765. The molecule has 0 bridgehead atoms. The highest BCUT2D eigenvalue weighted by atomic mass is 16.5. The molecule has 0 aliphatic rings. The minimum Gasteiger partial charge on any atom is -0.388 e. The number of likely N-dealkylation sites (N-methyl/N-ethyl adjacent to an activating group) is 1. The molecule has 0 amide bonds. The van der Waals surface area contributed by atoms with Gasteiger partial charge in [-0.3, -0.25) is 4.90 Å². The second-order valence-electron chi connectivity index (χ2n) is 3.81. The molecular weight excluding hydrogens is 200 g/mol. The molecule has 0 fully saturated rings. The molecule has 0 atom stereocenters. The fourth-order valence-corrected chi connectivity index (χ4v) is 1.65. The summed E-state index contributed by atoms with van der Waals surface area (Å²) in [5, 5.41) is 3.16. The first-order valence-electron chi connectivity index (χ1n) is 5.78. The third kappa shape index (κ3) is 4.21. The van der Waals surface area contributed by atoms with E-state index >= 15 is 0 Å². The Labute approximate surface area is 98.4 Å². The smallest absolute Gasteiger partial charge is 0.0589 e. The van der Waals surface area contributed by atoms with Crippen molar-refractivity contribution >= 4 is 5.69 Å². The van der Waals surface area contributed by atoms with Crippen LogP contribution in [0.25, 0.3) is 0 Å². The minimum absolute atomic E-state index is 0.791. The number of anilines is 1. The van der Waals surface area contributed by atoms with Crippen LogP contribution in [0, 0.1) is 0 Å². The van der Waals surface area contributed by atoms with E-state index in [1.807, 2.05) is 7.05 Å². The fraction of sp³-hybridized carbons (Fsp3) is 0.538. The maximum Gasteiger partial charge on any atom is 0.0589 e. The minimum atomic E-state index is 0.791. The molecule has 16 heavy (non-hydrogen) atoms. The molecule has 0 aromatic heterocycles. The molecule has 0 spiro atoms. The van der Waals surface area contributed by atoms with Crippen molar-refractivity contribution < 1.29 is 4.74 Å². The molecule has 0 heterocycles. The van der Waals surface area contributed by atoms with Crippen molar-refractivity contribution in [1.82, 2.24) is 4.90 Å². The van der Waals surface area contributed by atoms with Gasteiger partial charge in [-0.2, -0.15) is 0 Å². The van der Waals surface area contributed by atoms with Gasteiger partial charge in [-0.15, -0.1) is 0 Å². The molecule has 1 aromatic rings. The zero-order chi connectivity index (χ0) is 11.8. The highest BCUT2D eigenvalue weighted by molar-refractivity contribution is 5.44. The summed E-state index contributed by atoms with van der Waals surface area (Å²) in [6.45, 7) is 5.98. The molecule has 0 aliphatic carbocycles. The lowest BCUT2D eigenvalue weighted by atomic mass is 10.2. The molecule has 0 aliphatic heterocycles. The van der Waals surface area contributed by atoms with Crippen LogP contribution < -0.4 is 5.32 Å². The van der Waals surface area contributed by atoms with Crippen molar-refractivity contribution in [3.05, 3.63) is 29.8 Å². The van der Waals surface area contributed by atoms with Crippen LogP contribution in [0.5, 0.6) is 0 Å². The highest BCUT2D eigenvalue weighted by Gasteiger charge is 2.03. The SMILES string of the molecule is CCN(CCOC)Cc1cccc(NC)c1. The van der Waals surface area contributed by atoms with E-state index in [0.717, 1.165) is 26.2 Å². The van der Waals surface area contributed by atoms with Crippen molar-refractivity contribution in [3.63, 3.8) is 0 Å². The van der Waals surface area contributed by atoms with Crippen LogP contribution in [-0.2, 0) is 11.3 Å². The summed E-state index contributed by atoms with van der Waals surface area (Å²) in [4.78, 5) is 2.37. The summed E-state index contributed by atoms with van der Waals surface area (Å²) in [6, 6.07) is 8.52. The second kappa shape index (κ2) is 7.25. The molecule has 3 heteroatoms. The van der Waals surface area contributed by atoms with Crippen LogP contribution in [0.2, 0.25) is 0 Å². The van der Waals surface area contributed by atoms with Crippen molar-refractivity contribution in [2.45, 2.75) is 13.5 Å². The Morgan fingerprint density at radius 3 is 2.81 bits per heavy atom. The number of benzene rings is 1. The lowest BCUT2D eigenvalue weighted by Gasteiger charge is -2.20. The van der Waals surface area contributed by atoms with Crippen LogP contribution in [-0.4, -0.2) is 38.8 Å². The average Bonchev–Trinajstić information content (AvgIpc) is 2.34. The third-order valence-electron chi connectivity index (χ3n) is 2.68. The summed E-state index contributed by atoms with van der Waals surface area (Å²) in [5.74, 6) is 0. The summed E-state index contributed by atoms with van der Waals surface area (Å²) in [6.07, 6.45) is 0. The number of hydrogen-bond acceptors (Lipinski definition) is 3. The maximum absolute atomic E-state index is 5.10. The van der Waals surface area contributed by atoms with Gasteiger partial charge in [0.1, 0.15) is 0 Å². The van der Waals surface area contributed by atoms with E-state index in [2.05, 4.69) is 41.4 Å². The van der Waals surface area contributed by atoms with Gasteiger partial charge in [0.25, 0.3) is 0 Å². The van der Waals surface area contributed by atoms with Gasteiger partial charge in [0.2, 0.25) is 0 Å². The molecular formula is C13H22N2O. The normalized spacial score (nSPS) is 10.8. The number of ether oxygens (including phenoxy) is 1. The van der Waals surface area contributed by atoms with Gasteiger partial charge in [0.15, 0.2) is 0 Å². The molecule has 0 unspecified atom stereocenters. The first-order valence-corrected chi connectivity index (χ1v) is 5.78. The topological polar surface area (TPSA) is 24.5 Å². The van der Waals surface area contributed by atoms with E-state index in [0.29, 0.717) is 0 Å². The van der Waals surface area contributed by atoms with Crippen molar-refractivity contribution in [1.29, 1.82) is 0 Å². The molecule has 0 saturated heterocycles. The molecule has 3 nitrogen and oxygen atoms in total. The monoisotopic (exact) mass is 222 g/mol. The molecule has 90 valence electrons. The van der Waals surface area contributed by atoms with E-state index in [1.54, 1.807) is 7.11 Å². The third-order valence-corrected chi connectivity index (χ3v) is 2.68. The Balaban J connectivity index is 2.55. The summed E-state index contributed by atoms with van der Waals surface area (Å²) in [5.41, 5.74) is 2.50. The van der Waals surface area contributed by atoms with Crippen molar-refractivity contribution in [2.75, 3.05) is 39.2 Å². The van der Waals surface area contributed by atoms with Crippen LogP contribution in [0.1, 0.15) is 12.5 Å². The first-order chi connectivity index (χ1) is 7.80. The number of methoxy groups -OCH3 is 1. The van der Waals surface area contributed by atoms with E-state index in [4.69, 9.17) is 4.74 Å². The Hall–Kier alpha value is -1.06. The zero-order valence-corrected chi connectivity index (χ0v) is 10.5. The van der Waals surface area contributed by atoms with Crippen molar-refractivity contribution in [2.24, 2.45) is 0 Å². The Bertz CT molecular complexity index is 302. The van der Waals surface area contributed by atoms with E-state index in [9.17, 15) is 0 Å². The number of hydrogen-bond donors (Lipinski definition) is 1. The van der Waals surface area contributed by atoms with E-state index < -0.39 is 0 Å². The average molecular weight is 222 g/mol. The lowest BCUT2D eigenvalue weighted by molar-refractivity contribution is 0.147. The van der Waals surface area contributed by atoms with Gasteiger partial charge in [-0.1, -0.05) is 19.1 Å². The van der Waals surface area contributed by atoms with E-state index in [1.165, 1.54) is 11.3 Å². The Morgan fingerprint density at radius 2 is 2.19 bits per heavy atom. The van der Waals surface area contributed by atoms with Crippen LogP contribution in [0.4, 0.5) is 5.69 Å². The van der Waals surface area contributed by atoms with Gasteiger partial charge in [-0.25, -0.2) is 0 Å². The Kier molecular flexibility index (Phi) is 5.90. The van der Waals surface area contributed by atoms with Gasteiger partial charge in [-0.05, 0) is 24.2 Å². The van der Waals surface area contributed by atoms with Gasteiger partial charge in [0.05, 0.1) is 6.61 Å². The van der Waals surface area contributed by atoms with Crippen LogP contribution in [0.3, 0.4) is 0 Å². The molecule has 1 aromatic carbocycles. The summed E-state index contributed by atoms with van der Waals surface area (Å²) < 4.78 is 5.10. The van der Waals surface area contributed by atoms with Crippen LogP contribution in [0.15, 0.2) is 24.3 Å². The second-order valence-corrected chi connectivity index (χ2v) is 3.81. The molecule has 1 rings (SSSR count). The molecule has 0 radical (unpaired) electrons. The molecule has 1 N–H and O–H groups in total. The maximum atomic E-state index is 5.10. The van der Waals surface area contributed by atoms with Gasteiger partial charge < -0.3 is 10.1 Å². The lowest BCUT2D eigenvalue weighted by Crippen LogP contribution is -2.26. The van der Waals surface area contributed by atoms with E-state index in [-0.39, 0.29) is 0 Å². The Morgan fingerprint density at radius 1 is 1.38 bits per heavy atom. The van der Waals surface area contributed by atoms with Crippen LogP contribution >= 0.6 is 0 Å². The fourth-order valence-electron chi connectivity index (χ4n) is 1.65. The predicted octanol–water partition coefficient (Wildman–Crippen LogP) is 2.20. The van der Waals surface area contributed by atoms with Gasteiger partial charge >= 0.3 is 0 Å². The summed E-state index contributed by atoms with van der Waals surface area (Å²) in [7, 11) is 3.69.